The lowest BCUT2D eigenvalue weighted by Gasteiger charge is -2.43. The highest BCUT2D eigenvalue weighted by molar-refractivity contribution is 7.89. The first-order chi connectivity index (χ1) is 21.1. The van der Waals surface area contributed by atoms with Crippen LogP contribution in [0.3, 0.4) is 0 Å². The monoisotopic (exact) mass is 646 g/mol. The van der Waals surface area contributed by atoms with Crippen molar-refractivity contribution in [2.24, 2.45) is 5.73 Å². The van der Waals surface area contributed by atoms with Gasteiger partial charge in [-0.05, 0) is 74.1 Å². The molecule has 0 radical (unpaired) electrons. The molecule has 2 heterocycles. The standard InChI is InChI=1S/C31H33F3N4O6S/c1-4-44-29(41)30(27(39)25(36)15-21-6-5-7-22(14-21)17-35)16-19(2)10-13-38(30)45(42,43)26-9-8-20(3)23-11-12-37(18-24(23)26)28(40)31(32,33)34/h5-10,14,25H,4,11-13,15-16,18,36H2,1-3H3/t25?,30-/m1/s1. The van der Waals surface area contributed by atoms with Crippen molar-refractivity contribution in [3.05, 3.63) is 75.9 Å². The third-order valence-electron chi connectivity index (χ3n) is 8.14. The van der Waals surface area contributed by atoms with Crippen molar-refractivity contribution in [1.29, 1.82) is 5.26 Å². The van der Waals surface area contributed by atoms with Gasteiger partial charge in [0.1, 0.15) is 0 Å². The molecule has 0 saturated heterocycles. The molecule has 14 heteroatoms. The summed E-state index contributed by atoms with van der Waals surface area (Å²) in [5.41, 5.74) is 6.34. The largest absolute Gasteiger partial charge is 0.471 e. The Labute approximate surface area is 259 Å². The van der Waals surface area contributed by atoms with Crippen molar-refractivity contribution in [2.45, 2.75) is 69.2 Å². The molecular formula is C31H33F3N4O6S. The third kappa shape index (κ3) is 6.38. The number of carbonyl (C=O) groups is 3. The molecule has 2 aliphatic heterocycles. The predicted molar refractivity (Wildman–Crippen MR) is 156 cm³/mol. The van der Waals surface area contributed by atoms with Gasteiger partial charge in [0.15, 0.2) is 11.3 Å². The smallest absolute Gasteiger partial charge is 0.464 e. The third-order valence-corrected chi connectivity index (χ3v) is 10.1. The van der Waals surface area contributed by atoms with Crippen molar-refractivity contribution in [3.63, 3.8) is 0 Å². The van der Waals surface area contributed by atoms with Crippen LogP contribution in [0.1, 0.15) is 48.1 Å². The number of ether oxygens (including phenoxy) is 1. The van der Waals surface area contributed by atoms with E-state index in [2.05, 4.69) is 0 Å². The number of alkyl halides is 3. The number of amides is 1. The van der Waals surface area contributed by atoms with E-state index in [0.29, 0.717) is 37.0 Å². The van der Waals surface area contributed by atoms with Crippen LogP contribution in [0.4, 0.5) is 13.2 Å². The van der Waals surface area contributed by atoms with Gasteiger partial charge in [-0.25, -0.2) is 13.2 Å². The van der Waals surface area contributed by atoms with E-state index in [9.17, 15) is 41.2 Å². The molecule has 45 heavy (non-hydrogen) atoms. The Kier molecular flexibility index (Phi) is 9.58. The van der Waals surface area contributed by atoms with Gasteiger partial charge in [0.2, 0.25) is 10.0 Å². The average Bonchev–Trinajstić information content (AvgIpc) is 2.99. The van der Waals surface area contributed by atoms with Crippen LogP contribution in [0.5, 0.6) is 0 Å². The molecule has 2 aliphatic rings. The van der Waals surface area contributed by atoms with E-state index >= 15 is 0 Å². The number of rotatable bonds is 8. The van der Waals surface area contributed by atoms with E-state index in [-0.39, 0.29) is 38.0 Å². The van der Waals surface area contributed by atoms with Gasteiger partial charge in [-0.15, -0.1) is 0 Å². The fourth-order valence-electron chi connectivity index (χ4n) is 5.96. The number of carbonyl (C=O) groups excluding carboxylic acids is 3. The minimum atomic E-state index is -5.16. The normalized spacial score (nSPS) is 19.6. The number of aryl methyl sites for hydroxylation is 1. The van der Waals surface area contributed by atoms with E-state index in [1.54, 1.807) is 32.0 Å². The zero-order valence-electron chi connectivity index (χ0n) is 25.0. The van der Waals surface area contributed by atoms with Crippen molar-refractivity contribution >= 4 is 27.7 Å². The summed E-state index contributed by atoms with van der Waals surface area (Å²) in [7, 11) is -4.81. The molecule has 2 atom stereocenters. The minimum Gasteiger partial charge on any atom is -0.464 e. The molecule has 2 aromatic rings. The van der Waals surface area contributed by atoms with Crippen molar-refractivity contribution in [3.8, 4) is 6.07 Å². The molecule has 0 spiro atoms. The molecule has 0 aromatic heterocycles. The molecule has 4 rings (SSSR count). The highest BCUT2D eigenvalue weighted by Crippen LogP contribution is 2.39. The Morgan fingerprint density at radius 2 is 1.87 bits per heavy atom. The molecule has 0 fully saturated rings. The highest BCUT2D eigenvalue weighted by atomic mass is 32.2. The zero-order chi connectivity index (χ0) is 33.3. The second-order valence-electron chi connectivity index (χ2n) is 11.1. The van der Waals surface area contributed by atoms with Gasteiger partial charge in [-0.1, -0.05) is 29.8 Å². The number of nitriles is 1. The molecule has 0 bridgehead atoms. The molecule has 2 N–H and O–H groups in total. The first-order valence-electron chi connectivity index (χ1n) is 14.2. The van der Waals surface area contributed by atoms with Gasteiger partial charge in [-0.2, -0.15) is 22.7 Å². The second-order valence-corrected chi connectivity index (χ2v) is 13.0. The molecule has 1 unspecified atom stereocenters. The topological polar surface area (TPSA) is 151 Å². The minimum absolute atomic E-state index is 0.0204. The summed E-state index contributed by atoms with van der Waals surface area (Å²) < 4.78 is 75.2. The van der Waals surface area contributed by atoms with Crippen molar-refractivity contribution < 1.29 is 40.7 Å². The van der Waals surface area contributed by atoms with Gasteiger partial charge in [-0.3, -0.25) is 9.59 Å². The number of nitrogens with two attached hydrogens (primary N) is 1. The summed E-state index contributed by atoms with van der Waals surface area (Å²) in [6, 6.07) is 9.62. The molecule has 0 saturated carbocycles. The molecule has 240 valence electrons. The lowest BCUT2D eigenvalue weighted by molar-refractivity contribution is -0.186. The summed E-state index contributed by atoms with van der Waals surface area (Å²) in [5, 5.41) is 9.27. The lowest BCUT2D eigenvalue weighted by atomic mass is 9.80. The molecule has 1 amide bonds. The first-order valence-corrected chi connectivity index (χ1v) is 15.6. The van der Waals surface area contributed by atoms with Crippen LogP contribution < -0.4 is 5.73 Å². The maximum absolute atomic E-state index is 14.6. The van der Waals surface area contributed by atoms with Crippen LogP contribution >= 0.6 is 0 Å². The Hall–Kier alpha value is -4.06. The Balaban J connectivity index is 1.85. The van der Waals surface area contributed by atoms with Crippen molar-refractivity contribution in [1.82, 2.24) is 9.21 Å². The maximum Gasteiger partial charge on any atom is 0.471 e. The van der Waals surface area contributed by atoms with Gasteiger partial charge in [0.25, 0.3) is 0 Å². The van der Waals surface area contributed by atoms with E-state index in [4.69, 9.17) is 10.5 Å². The summed E-state index contributed by atoms with van der Waals surface area (Å²) >= 11 is 0. The number of hydrogen-bond acceptors (Lipinski definition) is 8. The number of nitrogens with zero attached hydrogens (tertiary/aromatic N) is 3. The number of fused-ring (bicyclic) bond motifs is 1. The molecular weight excluding hydrogens is 613 g/mol. The quantitative estimate of drug-likeness (QED) is 0.261. The zero-order valence-corrected chi connectivity index (χ0v) is 25.8. The van der Waals surface area contributed by atoms with Crippen molar-refractivity contribution in [2.75, 3.05) is 19.7 Å². The molecule has 10 nitrogen and oxygen atoms in total. The van der Waals surface area contributed by atoms with Crippen LogP contribution in [0, 0.1) is 18.3 Å². The SMILES string of the molecule is CCOC(=O)[C@]1(C(=O)C(N)Cc2cccc(C#N)c2)CC(C)=CCN1S(=O)(=O)c1ccc(C)c2c1CN(C(=O)C(F)(F)F)CC2. The average molecular weight is 647 g/mol. The second kappa shape index (κ2) is 12.7. The summed E-state index contributed by atoms with van der Waals surface area (Å²) in [5.74, 6) is -4.17. The van der Waals surface area contributed by atoms with Crippen LogP contribution in [-0.2, 0) is 48.5 Å². The van der Waals surface area contributed by atoms with E-state index in [1.807, 2.05) is 6.07 Å². The molecule has 2 aromatic carbocycles. The van der Waals surface area contributed by atoms with Crippen LogP contribution in [0.2, 0.25) is 0 Å². The van der Waals surface area contributed by atoms with Gasteiger partial charge in [0, 0.05) is 26.1 Å². The maximum atomic E-state index is 14.6. The molecule has 0 aliphatic carbocycles. The number of Topliss-reactive ketones (excluding diaryl/α,β-unsaturated/α-hetero) is 1. The van der Waals surface area contributed by atoms with E-state index in [0.717, 1.165) is 0 Å². The summed E-state index contributed by atoms with van der Waals surface area (Å²) in [4.78, 5) is 40.4. The van der Waals surface area contributed by atoms with Crippen LogP contribution in [0.15, 0.2) is 52.9 Å². The number of ketones is 1. The number of hydrogen-bond donors (Lipinski definition) is 1. The Morgan fingerprint density at radius 1 is 1.16 bits per heavy atom. The number of benzene rings is 2. The Morgan fingerprint density at radius 3 is 2.51 bits per heavy atom. The van der Waals surface area contributed by atoms with Crippen LogP contribution in [-0.4, -0.2) is 72.7 Å². The highest BCUT2D eigenvalue weighted by Gasteiger charge is 2.59. The summed E-state index contributed by atoms with van der Waals surface area (Å²) in [6.07, 6.45) is -4.16. The summed E-state index contributed by atoms with van der Waals surface area (Å²) in [6.45, 7) is 3.28. The van der Waals surface area contributed by atoms with E-state index < -0.39 is 63.4 Å². The number of halogens is 3. The van der Waals surface area contributed by atoms with Gasteiger partial charge < -0.3 is 15.4 Å². The fourth-order valence-corrected chi connectivity index (χ4v) is 7.84. The predicted octanol–water partition coefficient (Wildman–Crippen LogP) is 3.10. The van der Waals surface area contributed by atoms with Gasteiger partial charge >= 0.3 is 18.1 Å². The Bertz CT molecular complexity index is 1720. The van der Waals surface area contributed by atoms with E-state index in [1.165, 1.54) is 31.2 Å². The fraction of sp³-hybridized carbons (Fsp3) is 0.419. The van der Waals surface area contributed by atoms with Crippen LogP contribution in [0.25, 0.3) is 0 Å². The lowest BCUT2D eigenvalue weighted by Crippen LogP contribution is -2.67. The number of esters is 1. The number of sulfonamides is 1. The van der Waals surface area contributed by atoms with Gasteiger partial charge in [0.05, 0.1) is 29.2 Å². The first kappa shape index (κ1) is 33.8.